The smallest absolute Gasteiger partial charge is 0.313 e. The molecule has 1 heterocycles. The van der Waals surface area contributed by atoms with Crippen molar-refractivity contribution in [2.45, 2.75) is 4.34 Å². The number of rotatable bonds is 5. The molecule has 0 aliphatic carbocycles. The van der Waals surface area contributed by atoms with E-state index in [-0.39, 0.29) is 22.2 Å². The van der Waals surface area contributed by atoms with Crippen LogP contribution in [-0.2, 0) is 4.79 Å². The second-order valence-corrected chi connectivity index (χ2v) is 5.91. The van der Waals surface area contributed by atoms with Gasteiger partial charge in [0.1, 0.15) is 0 Å². The molecule has 4 N–H and O–H groups in total. The van der Waals surface area contributed by atoms with Crippen molar-refractivity contribution in [2.24, 2.45) is 0 Å². The summed E-state index contributed by atoms with van der Waals surface area (Å²) in [4.78, 5) is 22.3. The molecule has 0 aliphatic rings. The van der Waals surface area contributed by atoms with Crippen LogP contribution in [0.4, 0.5) is 5.13 Å². The van der Waals surface area contributed by atoms with Crippen LogP contribution < -0.4 is 5.32 Å². The molecule has 0 fully saturated rings. The van der Waals surface area contributed by atoms with Crippen molar-refractivity contribution in [3.63, 3.8) is 0 Å². The molecule has 1 amide bonds. The van der Waals surface area contributed by atoms with Gasteiger partial charge in [0.25, 0.3) is 5.91 Å². The summed E-state index contributed by atoms with van der Waals surface area (Å²) in [6, 6.07) is 3.65. The Morgan fingerprint density at radius 1 is 1.24 bits per heavy atom. The van der Waals surface area contributed by atoms with E-state index in [1.54, 1.807) is 0 Å². The minimum Gasteiger partial charge on any atom is -0.504 e. The van der Waals surface area contributed by atoms with E-state index >= 15 is 0 Å². The van der Waals surface area contributed by atoms with Crippen LogP contribution in [0.15, 0.2) is 22.5 Å². The van der Waals surface area contributed by atoms with Gasteiger partial charge in [-0.1, -0.05) is 23.1 Å². The van der Waals surface area contributed by atoms with Gasteiger partial charge < -0.3 is 15.3 Å². The van der Waals surface area contributed by atoms with E-state index in [1.165, 1.54) is 12.1 Å². The average Bonchev–Trinajstić information content (AvgIpc) is 2.87. The molecule has 2 aromatic rings. The number of aromatic nitrogens is 2. The van der Waals surface area contributed by atoms with Crippen LogP contribution in [-0.4, -0.2) is 43.1 Å². The quantitative estimate of drug-likeness (QED) is 0.368. The molecule has 1 aromatic heterocycles. The molecule has 0 bridgehead atoms. The molecule has 21 heavy (non-hydrogen) atoms. The Morgan fingerprint density at radius 3 is 2.67 bits per heavy atom. The van der Waals surface area contributed by atoms with Crippen molar-refractivity contribution in [3.05, 3.63) is 23.8 Å². The molecule has 0 saturated carbocycles. The van der Waals surface area contributed by atoms with E-state index in [1.807, 2.05) is 0 Å². The summed E-state index contributed by atoms with van der Waals surface area (Å²) < 4.78 is 0.418. The van der Waals surface area contributed by atoms with E-state index < -0.39 is 17.6 Å². The van der Waals surface area contributed by atoms with Crippen LogP contribution in [0.3, 0.4) is 0 Å². The first kappa shape index (κ1) is 15.1. The first-order valence-electron chi connectivity index (χ1n) is 5.47. The Morgan fingerprint density at radius 2 is 2.00 bits per heavy atom. The fraction of sp³-hybridized carbons (Fsp3) is 0.0909. The number of aliphatic carboxylic acids is 1. The zero-order valence-electron chi connectivity index (χ0n) is 10.3. The number of aromatic hydroxyl groups is 2. The molecule has 0 aliphatic heterocycles. The van der Waals surface area contributed by atoms with E-state index in [0.717, 1.165) is 29.2 Å². The summed E-state index contributed by atoms with van der Waals surface area (Å²) in [5.74, 6) is -2.38. The van der Waals surface area contributed by atoms with Gasteiger partial charge in [0.05, 0.1) is 5.75 Å². The number of carbonyl (C=O) groups is 2. The topological polar surface area (TPSA) is 133 Å². The van der Waals surface area contributed by atoms with Crippen molar-refractivity contribution in [3.8, 4) is 11.5 Å². The minimum absolute atomic E-state index is 0.139. The lowest BCUT2D eigenvalue weighted by Gasteiger charge is -2.02. The summed E-state index contributed by atoms with van der Waals surface area (Å²) in [5, 5.41) is 37.2. The van der Waals surface area contributed by atoms with Crippen molar-refractivity contribution in [2.75, 3.05) is 11.1 Å². The second-order valence-electron chi connectivity index (χ2n) is 3.71. The number of phenols is 2. The standard InChI is InChI=1S/C11H9N3O5S2/c15-6-2-1-5(3-7(6)16)9(19)12-10-13-14-11(21-10)20-4-8(17)18/h1-3,15-16H,4H2,(H,17,18)(H,12,13,19). The lowest BCUT2D eigenvalue weighted by atomic mass is 10.2. The van der Waals surface area contributed by atoms with E-state index in [4.69, 9.17) is 10.2 Å². The summed E-state index contributed by atoms with van der Waals surface area (Å²) in [6.45, 7) is 0. The van der Waals surface area contributed by atoms with Gasteiger partial charge in [0.15, 0.2) is 15.8 Å². The van der Waals surface area contributed by atoms with E-state index in [2.05, 4.69) is 15.5 Å². The number of hydrogen-bond acceptors (Lipinski definition) is 8. The third kappa shape index (κ3) is 4.07. The number of hydrogen-bond donors (Lipinski definition) is 4. The zero-order chi connectivity index (χ0) is 15.4. The number of benzene rings is 1. The van der Waals surface area contributed by atoms with Gasteiger partial charge >= 0.3 is 5.97 Å². The highest BCUT2D eigenvalue weighted by atomic mass is 32.2. The normalized spacial score (nSPS) is 10.3. The van der Waals surface area contributed by atoms with Crippen molar-refractivity contribution < 1.29 is 24.9 Å². The van der Waals surface area contributed by atoms with E-state index in [9.17, 15) is 14.7 Å². The fourth-order valence-corrected chi connectivity index (χ4v) is 2.74. The van der Waals surface area contributed by atoms with Gasteiger partial charge in [-0.2, -0.15) is 0 Å². The number of thioether (sulfide) groups is 1. The molecule has 1 aromatic carbocycles. The Balaban J connectivity index is 2.02. The first-order chi connectivity index (χ1) is 9.95. The molecular formula is C11H9N3O5S2. The summed E-state index contributed by atoms with van der Waals surface area (Å²) in [7, 11) is 0. The van der Waals surface area contributed by atoms with Crippen molar-refractivity contribution >= 4 is 40.1 Å². The molecular weight excluding hydrogens is 318 g/mol. The maximum atomic E-state index is 11.9. The van der Waals surface area contributed by atoms with Gasteiger partial charge in [-0.25, -0.2) is 0 Å². The van der Waals surface area contributed by atoms with Gasteiger partial charge in [-0.15, -0.1) is 10.2 Å². The van der Waals surface area contributed by atoms with Crippen molar-refractivity contribution in [1.29, 1.82) is 0 Å². The second kappa shape index (κ2) is 6.41. The number of nitrogens with one attached hydrogen (secondary N) is 1. The van der Waals surface area contributed by atoms with Crippen LogP contribution >= 0.6 is 23.1 Å². The van der Waals surface area contributed by atoms with Gasteiger partial charge in [-0.3, -0.25) is 14.9 Å². The highest BCUT2D eigenvalue weighted by molar-refractivity contribution is 8.01. The summed E-state index contributed by atoms with van der Waals surface area (Å²) in [6.07, 6.45) is 0. The van der Waals surface area contributed by atoms with Crippen LogP contribution in [0.5, 0.6) is 11.5 Å². The third-order valence-corrected chi connectivity index (χ3v) is 4.14. The maximum Gasteiger partial charge on any atom is 0.313 e. The van der Waals surface area contributed by atoms with Crippen LogP contribution in [0.25, 0.3) is 0 Å². The number of carboxylic acid groups (broad SMARTS) is 1. The molecule has 8 nitrogen and oxygen atoms in total. The predicted octanol–water partition coefficient (Wildman–Crippen LogP) is 1.38. The molecule has 0 unspecified atom stereocenters. The zero-order valence-corrected chi connectivity index (χ0v) is 11.9. The fourth-order valence-electron chi connectivity index (χ4n) is 1.28. The van der Waals surface area contributed by atoms with Gasteiger partial charge in [0.2, 0.25) is 5.13 Å². The maximum absolute atomic E-state index is 11.9. The SMILES string of the molecule is O=C(O)CSc1nnc(NC(=O)c2ccc(O)c(O)c2)s1. The summed E-state index contributed by atoms with van der Waals surface area (Å²) in [5.41, 5.74) is 0.139. The highest BCUT2D eigenvalue weighted by Gasteiger charge is 2.13. The number of phenolic OH excluding ortho intramolecular Hbond substituents is 2. The Hall–Kier alpha value is -2.33. The number of amides is 1. The van der Waals surface area contributed by atoms with Crippen LogP contribution in [0, 0.1) is 0 Å². The molecule has 0 radical (unpaired) electrons. The number of carbonyl (C=O) groups excluding carboxylic acids is 1. The lowest BCUT2D eigenvalue weighted by molar-refractivity contribution is -0.133. The Bertz CT molecular complexity index is 688. The van der Waals surface area contributed by atoms with Crippen molar-refractivity contribution in [1.82, 2.24) is 10.2 Å². The predicted molar refractivity (Wildman–Crippen MR) is 76.0 cm³/mol. The molecule has 0 saturated heterocycles. The molecule has 0 atom stereocenters. The third-order valence-electron chi connectivity index (χ3n) is 2.18. The van der Waals surface area contributed by atoms with Gasteiger partial charge in [0, 0.05) is 5.56 Å². The molecule has 110 valence electrons. The Labute approximate surface area is 126 Å². The summed E-state index contributed by atoms with van der Waals surface area (Å²) >= 11 is 2.04. The lowest BCUT2D eigenvalue weighted by Crippen LogP contribution is -2.11. The molecule has 2 rings (SSSR count). The average molecular weight is 327 g/mol. The molecule has 10 heteroatoms. The number of anilines is 1. The van der Waals surface area contributed by atoms with Crippen LogP contribution in [0.2, 0.25) is 0 Å². The Kier molecular flexibility index (Phi) is 4.60. The highest BCUT2D eigenvalue weighted by Crippen LogP contribution is 2.27. The monoisotopic (exact) mass is 327 g/mol. The van der Waals surface area contributed by atoms with Crippen LogP contribution in [0.1, 0.15) is 10.4 Å². The minimum atomic E-state index is -0.972. The number of nitrogens with zero attached hydrogens (tertiary/aromatic N) is 2. The largest absolute Gasteiger partial charge is 0.504 e. The van der Waals surface area contributed by atoms with Gasteiger partial charge in [-0.05, 0) is 18.2 Å². The molecule has 0 spiro atoms. The number of carboxylic acids is 1. The first-order valence-corrected chi connectivity index (χ1v) is 7.27. The van der Waals surface area contributed by atoms with E-state index in [0.29, 0.717) is 4.34 Å².